The molecule has 0 spiro atoms. The number of rotatable bonds is 2. The molecule has 8 heteroatoms. The van der Waals surface area contributed by atoms with Crippen LogP contribution >= 0.6 is 0 Å². The maximum absolute atomic E-state index is 11.2. The van der Waals surface area contributed by atoms with Gasteiger partial charge in [0.2, 0.25) is 16.8 Å². The molecule has 1 aromatic rings. The minimum absolute atomic E-state index is 0.0809. The zero-order chi connectivity index (χ0) is 11.9. The highest BCUT2D eigenvalue weighted by molar-refractivity contribution is 7.89. The minimum Gasteiger partial charge on any atom is -0.478 e. The molecule has 0 saturated heterocycles. The van der Waals surface area contributed by atoms with E-state index in [1.54, 1.807) is 0 Å². The lowest BCUT2D eigenvalue weighted by molar-refractivity contribution is 0.0692. The molecule has 1 aliphatic heterocycles. The fourth-order valence-corrected chi connectivity index (χ4v) is 2.05. The Labute approximate surface area is 90.4 Å². The van der Waals surface area contributed by atoms with Crippen LogP contribution in [0.3, 0.4) is 0 Å². The molecule has 0 fully saturated rings. The summed E-state index contributed by atoms with van der Waals surface area (Å²) >= 11 is 0. The molecule has 2 rings (SSSR count). The van der Waals surface area contributed by atoms with Gasteiger partial charge in [0.15, 0.2) is 11.5 Å². The van der Waals surface area contributed by atoms with Gasteiger partial charge in [0.25, 0.3) is 0 Å². The molecule has 7 nitrogen and oxygen atoms in total. The number of aromatic carboxylic acids is 1. The Morgan fingerprint density at radius 3 is 2.38 bits per heavy atom. The molecule has 86 valence electrons. The molecule has 0 bridgehead atoms. The molecule has 0 atom stereocenters. The summed E-state index contributed by atoms with van der Waals surface area (Å²) in [6.45, 7) is -0.0809. The second-order valence-corrected chi connectivity index (χ2v) is 4.58. The number of nitrogens with two attached hydrogens (primary N) is 1. The monoisotopic (exact) mass is 245 g/mol. The van der Waals surface area contributed by atoms with Crippen molar-refractivity contribution < 1.29 is 27.8 Å². The SMILES string of the molecule is NS(=O)(=O)c1cc2c(cc1C(=O)O)OCO2. The molecule has 0 unspecified atom stereocenters. The summed E-state index contributed by atoms with van der Waals surface area (Å²) in [5.74, 6) is -1.05. The number of fused-ring (bicyclic) bond motifs is 1. The van der Waals surface area contributed by atoms with E-state index in [9.17, 15) is 13.2 Å². The molecule has 0 aromatic heterocycles. The highest BCUT2D eigenvalue weighted by atomic mass is 32.2. The molecule has 0 saturated carbocycles. The summed E-state index contributed by atoms with van der Waals surface area (Å²) in [7, 11) is -4.12. The molecule has 0 amide bonds. The van der Waals surface area contributed by atoms with Crippen LogP contribution in [0.25, 0.3) is 0 Å². The van der Waals surface area contributed by atoms with E-state index in [1.165, 1.54) is 0 Å². The normalized spacial score (nSPS) is 13.8. The second-order valence-electron chi connectivity index (χ2n) is 3.05. The van der Waals surface area contributed by atoms with Crippen molar-refractivity contribution in [1.29, 1.82) is 0 Å². The van der Waals surface area contributed by atoms with Gasteiger partial charge in [-0.2, -0.15) is 0 Å². The summed E-state index contributed by atoms with van der Waals surface area (Å²) in [5.41, 5.74) is -0.438. The summed E-state index contributed by atoms with van der Waals surface area (Å²) in [4.78, 5) is 10.4. The highest BCUT2D eigenvalue weighted by Gasteiger charge is 2.25. The number of hydrogen-bond donors (Lipinski definition) is 2. The standard InChI is InChI=1S/C8H7NO6S/c9-16(12,13)7-2-6-5(14-3-15-6)1-4(7)8(10)11/h1-2H,3H2,(H,10,11)(H2,9,12,13). The van der Waals surface area contributed by atoms with Gasteiger partial charge in [-0.3, -0.25) is 0 Å². The number of primary sulfonamides is 1. The van der Waals surface area contributed by atoms with Crippen molar-refractivity contribution >= 4 is 16.0 Å². The Hall–Kier alpha value is -1.80. The first-order valence-electron chi connectivity index (χ1n) is 4.09. The fraction of sp³-hybridized carbons (Fsp3) is 0.125. The highest BCUT2D eigenvalue weighted by Crippen LogP contribution is 2.36. The van der Waals surface area contributed by atoms with Crippen LogP contribution in [0, 0.1) is 0 Å². The Morgan fingerprint density at radius 2 is 1.88 bits per heavy atom. The van der Waals surface area contributed by atoms with Crippen molar-refractivity contribution in [3.8, 4) is 11.5 Å². The van der Waals surface area contributed by atoms with Crippen LogP contribution < -0.4 is 14.6 Å². The van der Waals surface area contributed by atoms with Crippen LogP contribution in [0.2, 0.25) is 0 Å². The topological polar surface area (TPSA) is 116 Å². The van der Waals surface area contributed by atoms with Crippen LogP contribution in [0.15, 0.2) is 17.0 Å². The van der Waals surface area contributed by atoms with Crippen molar-refractivity contribution in [3.63, 3.8) is 0 Å². The van der Waals surface area contributed by atoms with Gasteiger partial charge < -0.3 is 14.6 Å². The molecule has 16 heavy (non-hydrogen) atoms. The lowest BCUT2D eigenvalue weighted by atomic mass is 10.2. The smallest absolute Gasteiger partial charge is 0.337 e. The number of sulfonamides is 1. The van der Waals surface area contributed by atoms with E-state index in [-0.39, 0.29) is 18.3 Å². The maximum atomic E-state index is 11.2. The molecule has 0 radical (unpaired) electrons. The predicted molar refractivity (Wildman–Crippen MR) is 50.9 cm³/mol. The zero-order valence-electron chi connectivity index (χ0n) is 7.84. The van der Waals surface area contributed by atoms with Crippen LogP contribution in [-0.4, -0.2) is 26.3 Å². The van der Waals surface area contributed by atoms with E-state index in [4.69, 9.17) is 19.7 Å². The number of carbonyl (C=O) groups is 1. The largest absolute Gasteiger partial charge is 0.478 e. The third-order valence-corrected chi connectivity index (χ3v) is 2.96. The lowest BCUT2D eigenvalue weighted by Crippen LogP contribution is -2.16. The van der Waals surface area contributed by atoms with Gasteiger partial charge in [-0.05, 0) is 0 Å². The lowest BCUT2D eigenvalue weighted by Gasteiger charge is -2.05. The van der Waals surface area contributed by atoms with E-state index in [2.05, 4.69) is 0 Å². The van der Waals surface area contributed by atoms with Crippen molar-refractivity contribution in [2.75, 3.05) is 6.79 Å². The molecule has 1 aliphatic rings. The van der Waals surface area contributed by atoms with Crippen LogP contribution in [-0.2, 0) is 10.0 Å². The van der Waals surface area contributed by atoms with E-state index < -0.39 is 26.5 Å². The minimum atomic E-state index is -4.12. The first-order chi connectivity index (χ1) is 7.39. The maximum Gasteiger partial charge on any atom is 0.337 e. The van der Waals surface area contributed by atoms with Crippen LogP contribution in [0.5, 0.6) is 11.5 Å². The molecule has 3 N–H and O–H groups in total. The van der Waals surface area contributed by atoms with E-state index >= 15 is 0 Å². The van der Waals surface area contributed by atoms with Gasteiger partial charge in [-0.15, -0.1) is 0 Å². The van der Waals surface area contributed by atoms with Gasteiger partial charge >= 0.3 is 5.97 Å². The van der Waals surface area contributed by atoms with Crippen molar-refractivity contribution in [2.24, 2.45) is 5.14 Å². The molecule has 0 aliphatic carbocycles. The number of carboxylic acid groups (broad SMARTS) is 1. The third kappa shape index (κ3) is 1.68. The Bertz CT molecular complexity index is 564. The number of ether oxygens (including phenoxy) is 2. The number of benzene rings is 1. The summed E-state index contributed by atoms with van der Waals surface area (Å²) in [6, 6.07) is 2.12. The van der Waals surface area contributed by atoms with E-state index in [0.29, 0.717) is 0 Å². The van der Waals surface area contributed by atoms with E-state index in [1.807, 2.05) is 0 Å². The van der Waals surface area contributed by atoms with Gasteiger partial charge in [0.05, 0.1) is 5.56 Å². The summed E-state index contributed by atoms with van der Waals surface area (Å²) in [5, 5.41) is 13.7. The van der Waals surface area contributed by atoms with Crippen molar-refractivity contribution in [1.82, 2.24) is 0 Å². The third-order valence-electron chi connectivity index (χ3n) is 2.01. The Balaban J connectivity index is 2.72. The second kappa shape index (κ2) is 3.35. The van der Waals surface area contributed by atoms with Gasteiger partial charge in [0.1, 0.15) is 4.90 Å². The molecular formula is C8H7NO6S. The van der Waals surface area contributed by atoms with Crippen LogP contribution in [0.1, 0.15) is 10.4 Å². The Kier molecular flexibility index (Phi) is 2.25. The Morgan fingerprint density at radius 1 is 1.31 bits per heavy atom. The molecule has 1 heterocycles. The van der Waals surface area contributed by atoms with Gasteiger partial charge in [-0.1, -0.05) is 0 Å². The van der Waals surface area contributed by atoms with E-state index in [0.717, 1.165) is 12.1 Å². The average molecular weight is 245 g/mol. The first kappa shape index (κ1) is 10.7. The quantitative estimate of drug-likeness (QED) is 0.742. The molecular weight excluding hydrogens is 238 g/mol. The van der Waals surface area contributed by atoms with Crippen molar-refractivity contribution in [3.05, 3.63) is 17.7 Å². The van der Waals surface area contributed by atoms with Crippen molar-refractivity contribution in [2.45, 2.75) is 4.90 Å². The summed E-state index contributed by atoms with van der Waals surface area (Å²) in [6.07, 6.45) is 0. The molecule has 1 aromatic carbocycles. The fourth-order valence-electron chi connectivity index (χ4n) is 1.33. The summed E-state index contributed by atoms with van der Waals surface area (Å²) < 4.78 is 32.2. The van der Waals surface area contributed by atoms with Crippen LogP contribution in [0.4, 0.5) is 0 Å². The van der Waals surface area contributed by atoms with Gasteiger partial charge in [-0.25, -0.2) is 18.4 Å². The number of carboxylic acids is 1. The zero-order valence-corrected chi connectivity index (χ0v) is 8.65. The first-order valence-corrected chi connectivity index (χ1v) is 5.64. The number of hydrogen-bond acceptors (Lipinski definition) is 5. The predicted octanol–water partition coefficient (Wildman–Crippen LogP) is -0.239. The average Bonchev–Trinajstić information content (AvgIpc) is 2.60. The van der Waals surface area contributed by atoms with Gasteiger partial charge in [0, 0.05) is 12.1 Å².